The fraction of sp³-hybridized carbons (Fsp3) is 0.462. The van der Waals surface area contributed by atoms with Gasteiger partial charge in [0.1, 0.15) is 5.60 Å². The fourth-order valence-electron chi connectivity index (χ4n) is 1.34. The van der Waals surface area contributed by atoms with Crippen LogP contribution < -0.4 is 5.32 Å². The van der Waals surface area contributed by atoms with Gasteiger partial charge in [0, 0.05) is 11.0 Å². The Labute approximate surface area is 121 Å². The third kappa shape index (κ3) is 5.85. The summed E-state index contributed by atoms with van der Waals surface area (Å²) in [4.78, 5) is 11.5. The number of hydrogen-bond acceptors (Lipinski definition) is 3. The molecule has 0 spiro atoms. The molecule has 0 atom stereocenters. The molecule has 5 heteroatoms. The highest BCUT2D eigenvalue weighted by Gasteiger charge is 2.15. The molecule has 0 aliphatic heterocycles. The summed E-state index contributed by atoms with van der Waals surface area (Å²) in [6.07, 6.45) is 0. The molecule has 0 aromatic heterocycles. The van der Waals surface area contributed by atoms with Gasteiger partial charge < -0.3 is 10.1 Å². The van der Waals surface area contributed by atoms with Crippen molar-refractivity contribution in [1.82, 2.24) is 5.32 Å². The highest BCUT2D eigenvalue weighted by Crippen LogP contribution is 2.23. The Morgan fingerprint density at radius 3 is 2.67 bits per heavy atom. The molecule has 0 aliphatic carbocycles. The molecular formula is C13H17BrClNO2. The van der Waals surface area contributed by atoms with Crippen LogP contribution in [0.3, 0.4) is 0 Å². The smallest absolute Gasteiger partial charge is 0.320 e. The van der Waals surface area contributed by atoms with E-state index in [2.05, 4.69) is 21.2 Å². The minimum absolute atomic E-state index is 0.192. The Hall–Kier alpha value is -0.580. The summed E-state index contributed by atoms with van der Waals surface area (Å²) in [7, 11) is 0. The summed E-state index contributed by atoms with van der Waals surface area (Å²) >= 11 is 9.25. The van der Waals surface area contributed by atoms with E-state index in [0.29, 0.717) is 11.6 Å². The second-order valence-corrected chi connectivity index (χ2v) is 6.20. The van der Waals surface area contributed by atoms with Crippen LogP contribution in [0.4, 0.5) is 0 Å². The Balaban J connectivity index is 2.38. The molecule has 18 heavy (non-hydrogen) atoms. The largest absolute Gasteiger partial charge is 0.459 e. The molecule has 0 fully saturated rings. The highest BCUT2D eigenvalue weighted by atomic mass is 79.9. The van der Waals surface area contributed by atoms with Crippen LogP contribution in [0, 0.1) is 0 Å². The monoisotopic (exact) mass is 333 g/mol. The second kappa shape index (κ2) is 6.55. The topological polar surface area (TPSA) is 38.3 Å². The number of carbonyl (C=O) groups excluding carboxylic acids is 1. The summed E-state index contributed by atoms with van der Waals surface area (Å²) in [5, 5.41) is 3.70. The van der Waals surface area contributed by atoms with Crippen LogP contribution in [-0.2, 0) is 16.1 Å². The number of halogens is 2. The van der Waals surface area contributed by atoms with Crippen molar-refractivity contribution < 1.29 is 9.53 Å². The van der Waals surface area contributed by atoms with Crippen LogP contribution in [0.5, 0.6) is 0 Å². The molecule has 1 N–H and O–H groups in total. The standard InChI is InChI=1S/C13H17BrClNO2/c1-13(2,3)18-12(17)8-16-7-9-4-5-11(15)10(14)6-9/h4-6,16H,7-8H2,1-3H3. The fourth-order valence-corrected chi connectivity index (χ4v) is 1.88. The molecule has 0 saturated carbocycles. The molecule has 0 bridgehead atoms. The van der Waals surface area contributed by atoms with Gasteiger partial charge >= 0.3 is 5.97 Å². The molecule has 0 unspecified atom stereocenters. The lowest BCUT2D eigenvalue weighted by Gasteiger charge is -2.19. The van der Waals surface area contributed by atoms with Gasteiger partial charge in [-0.15, -0.1) is 0 Å². The number of carbonyl (C=O) groups is 1. The lowest BCUT2D eigenvalue weighted by molar-refractivity contribution is -0.153. The predicted molar refractivity (Wildman–Crippen MR) is 76.7 cm³/mol. The van der Waals surface area contributed by atoms with E-state index < -0.39 is 5.60 Å². The van der Waals surface area contributed by atoms with E-state index in [1.807, 2.05) is 39.0 Å². The van der Waals surface area contributed by atoms with Gasteiger partial charge in [0.2, 0.25) is 0 Å². The zero-order valence-corrected chi connectivity index (χ0v) is 13.1. The Morgan fingerprint density at radius 1 is 1.44 bits per heavy atom. The van der Waals surface area contributed by atoms with Gasteiger partial charge in [-0.25, -0.2) is 0 Å². The van der Waals surface area contributed by atoms with Gasteiger partial charge in [-0.3, -0.25) is 4.79 Å². The molecule has 1 aromatic rings. The van der Waals surface area contributed by atoms with Crippen molar-refractivity contribution in [3.8, 4) is 0 Å². The van der Waals surface area contributed by atoms with Crippen molar-refractivity contribution in [2.45, 2.75) is 32.9 Å². The van der Waals surface area contributed by atoms with E-state index in [1.165, 1.54) is 0 Å². The van der Waals surface area contributed by atoms with Crippen LogP contribution in [0.2, 0.25) is 5.02 Å². The number of ether oxygens (including phenoxy) is 1. The third-order valence-electron chi connectivity index (χ3n) is 2.00. The quantitative estimate of drug-likeness (QED) is 0.856. The molecule has 1 rings (SSSR count). The van der Waals surface area contributed by atoms with E-state index in [0.717, 1.165) is 10.0 Å². The summed E-state index contributed by atoms with van der Waals surface area (Å²) in [6, 6.07) is 5.65. The summed E-state index contributed by atoms with van der Waals surface area (Å²) in [5.74, 6) is -0.254. The van der Waals surface area contributed by atoms with Crippen molar-refractivity contribution in [2.24, 2.45) is 0 Å². The number of benzene rings is 1. The van der Waals surface area contributed by atoms with Crippen LogP contribution in [0.1, 0.15) is 26.3 Å². The zero-order chi connectivity index (χ0) is 13.8. The zero-order valence-electron chi connectivity index (χ0n) is 10.7. The molecule has 1 aromatic carbocycles. The number of hydrogen-bond donors (Lipinski definition) is 1. The first-order valence-electron chi connectivity index (χ1n) is 5.64. The van der Waals surface area contributed by atoms with Crippen molar-refractivity contribution >= 4 is 33.5 Å². The number of nitrogens with one attached hydrogen (secondary N) is 1. The summed E-state index contributed by atoms with van der Waals surface area (Å²) in [5.41, 5.74) is 0.608. The Kier molecular flexibility index (Phi) is 5.63. The van der Waals surface area contributed by atoms with Gasteiger partial charge in [-0.1, -0.05) is 17.7 Å². The first-order valence-corrected chi connectivity index (χ1v) is 6.81. The summed E-state index contributed by atoms with van der Waals surface area (Å²) < 4.78 is 6.03. The average molecular weight is 335 g/mol. The average Bonchev–Trinajstić information content (AvgIpc) is 2.20. The minimum atomic E-state index is -0.442. The number of rotatable bonds is 4. The van der Waals surface area contributed by atoms with E-state index in [9.17, 15) is 4.79 Å². The van der Waals surface area contributed by atoms with Crippen molar-refractivity contribution in [3.05, 3.63) is 33.3 Å². The van der Waals surface area contributed by atoms with Gasteiger partial charge in [0.05, 0.1) is 11.6 Å². The van der Waals surface area contributed by atoms with Crippen LogP contribution in [0.15, 0.2) is 22.7 Å². The van der Waals surface area contributed by atoms with E-state index >= 15 is 0 Å². The first kappa shape index (κ1) is 15.5. The molecule has 0 amide bonds. The number of esters is 1. The molecule has 100 valence electrons. The van der Waals surface area contributed by atoms with Crippen LogP contribution in [-0.4, -0.2) is 18.1 Å². The molecule has 3 nitrogen and oxygen atoms in total. The van der Waals surface area contributed by atoms with Gasteiger partial charge in [0.25, 0.3) is 0 Å². The third-order valence-corrected chi connectivity index (χ3v) is 3.22. The SMILES string of the molecule is CC(C)(C)OC(=O)CNCc1ccc(Cl)c(Br)c1. The molecule has 0 radical (unpaired) electrons. The Bertz CT molecular complexity index is 429. The van der Waals surface area contributed by atoms with Gasteiger partial charge in [-0.2, -0.15) is 0 Å². The van der Waals surface area contributed by atoms with E-state index in [4.69, 9.17) is 16.3 Å². The molecule has 0 saturated heterocycles. The van der Waals surface area contributed by atoms with E-state index in [-0.39, 0.29) is 12.5 Å². The van der Waals surface area contributed by atoms with Crippen molar-refractivity contribution in [3.63, 3.8) is 0 Å². The molecule has 0 aliphatic rings. The highest BCUT2D eigenvalue weighted by molar-refractivity contribution is 9.10. The normalized spacial score (nSPS) is 11.4. The maximum Gasteiger partial charge on any atom is 0.320 e. The lowest BCUT2D eigenvalue weighted by Crippen LogP contribution is -2.31. The van der Waals surface area contributed by atoms with E-state index in [1.54, 1.807) is 0 Å². The molecular weight excluding hydrogens is 318 g/mol. The summed E-state index contributed by atoms with van der Waals surface area (Å²) in [6.45, 7) is 6.33. The van der Waals surface area contributed by atoms with Gasteiger partial charge in [-0.05, 0) is 54.4 Å². The van der Waals surface area contributed by atoms with Crippen molar-refractivity contribution in [1.29, 1.82) is 0 Å². The predicted octanol–water partition coefficient (Wildman–Crippen LogP) is 3.53. The van der Waals surface area contributed by atoms with Crippen LogP contribution in [0.25, 0.3) is 0 Å². The first-order chi connectivity index (χ1) is 8.28. The van der Waals surface area contributed by atoms with Gasteiger partial charge in [0.15, 0.2) is 0 Å². The minimum Gasteiger partial charge on any atom is -0.459 e. The second-order valence-electron chi connectivity index (χ2n) is 4.94. The lowest BCUT2D eigenvalue weighted by atomic mass is 10.2. The maximum absolute atomic E-state index is 11.5. The van der Waals surface area contributed by atoms with Crippen LogP contribution >= 0.6 is 27.5 Å². The molecule has 0 heterocycles. The van der Waals surface area contributed by atoms with Crippen molar-refractivity contribution in [2.75, 3.05) is 6.54 Å². The maximum atomic E-state index is 11.5. The Morgan fingerprint density at radius 2 is 2.11 bits per heavy atom.